The lowest BCUT2D eigenvalue weighted by Crippen LogP contribution is -2.05. The maximum absolute atomic E-state index is 5.29. The molecule has 4 nitrogen and oxygen atoms in total. The van der Waals surface area contributed by atoms with Crippen molar-refractivity contribution in [3.63, 3.8) is 0 Å². The molecule has 0 amide bonds. The van der Waals surface area contributed by atoms with Crippen LogP contribution in [-0.4, -0.2) is 27.6 Å². The Labute approximate surface area is 166 Å². The Morgan fingerprint density at radius 2 is 1.67 bits per heavy atom. The number of hydrogen-bond acceptors (Lipinski definition) is 4. The van der Waals surface area contributed by atoms with Gasteiger partial charge in [0.2, 0.25) is 0 Å². The van der Waals surface area contributed by atoms with E-state index < -0.39 is 0 Å². The zero-order valence-corrected chi connectivity index (χ0v) is 17.5. The van der Waals surface area contributed by atoms with Gasteiger partial charge in [-0.2, -0.15) is 0 Å². The van der Waals surface area contributed by atoms with E-state index >= 15 is 0 Å². The maximum Gasteiger partial charge on any atom is 0.196 e. The predicted octanol–water partition coefficient (Wildman–Crippen LogP) is 5.81. The molecule has 0 aliphatic rings. The smallest absolute Gasteiger partial charge is 0.196 e. The highest BCUT2D eigenvalue weighted by atomic mass is 32.2. The number of thioether (sulfide) groups is 1. The van der Waals surface area contributed by atoms with Crippen molar-refractivity contribution in [1.82, 2.24) is 14.8 Å². The summed E-state index contributed by atoms with van der Waals surface area (Å²) in [5.41, 5.74) is 3.46. The SMILES string of the molecule is COc1ccc(-c2nnc(SCC(C)C)n2-c2ccccc2C(C)C)cc1. The molecule has 0 bridgehead atoms. The Morgan fingerprint density at radius 3 is 2.30 bits per heavy atom. The number of hydrogen-bond donors (Lipinski definition) is 0. The van der Waals surface area contributed by atoms with E-state index in [1.165, 1.54) is 5.56 Å². The van der Waals surface area contributed by atoms with Crippen LogP contribution in [0, 0.1) is 5.92 Å². The molecule has 0 fully saturated rings. The molecule has 1 aromatic heterocycles. The number of benzene rings is 2. The monoisotopic (exact) mass is 381 g/mol. The molecule has 0 atom stereocenters. The van der Waals surface area contributed by atoms with Gasteiger partial charge in [0.05, 0.1) is 12.8 Å². The normalized spacial score (nSPS) is 11.4. The van der Waals surface area contributed by atoms with Gasteiger partial charge in [-0.15, -0.1) is 10.2 Å². The fourth-order valence-electron chi connectivity index (χ4n) is 2.93. The summed E-state index contributed by atoms with van der Waals surface area (Å²) in [7, 11) is 1.68. The number of aromatic nitrogens is 3. The summed E-state index contributed by atoms with van der Waals surface area (Å²) in [6.45, 7) is 8.88. The highest BCUT2D eigenvalue weighted by Gasteiger charge is 2.19. The highest BCUT2D eigenvalue weighted by Crippen LogP contribution is 2.33. The maximum atomic E-state index is 5.29. The topological polar surface area (TPSA) is 39.9 Å². The summed E-state index contributed by atoms with van der Waals surface area (Å²) in [6, 6.07) is 16.5. The molecule has 3 aromatic rings. The van der Waals surface area contributed by atoms with Gasteiger partial charge >= 0.3 is 0 Å². The van der Waals surface area contributed by atoms with Crippen molar-refractivity contribution in [2.24, 2.45) is 5.92 Å². The molecule has 5 heteroatoms. The number of nitrogens with zero attached hydrogens (tertiary/aromatic N) is 3. The minimum absolute atomic E-state index is 0.412. The van der Waals surface area contributed by atoms with Crippen LogP contribution in [0.2, 0.25) is 0 Å². The van der Waals surface area contributed by atoms with E-state index in [9.17, 15) is 0 Å². The summed E-state index contributed by atoms with van der Waals surface area (Å²) < 4.78 is 7.49. The van der Waals surface area contributed by atoms with Crippen LogP contribution < -0.4 is 4.74 Å². The number of para-hydroxylation sites is 1. The van der Waals surface area contributed by atoms with Crippen LogP contribution in [0.25, 0.3) is 17.1 Å². The molecule has 0 N–H and O–H groups in total. The largest absolute Gasteiger partial charge is 0.497 e. The molecule has 0 saturated heterocycles. The van der Waals surface area contributed by atoms with Crippen molar-refractivity contribution in [3.05, 3.63) is 54.1 Å². The van der Waals surface area contributed by atoms with Gasteiger partial charge in [-0.25, -0.2) is 0 Å². The molecular formula is C22H27N3OS. The van der Waals surface area contributed by atoms with Crippen LogP contribution in [-0.2, 0) is 0 Å². The highest BCUT2D eigenvalue weighted by molar-refractivity contribution is 7.99. The van der Waals surface area contributed by atoms with Crippen LogP contribution in [0.15, 0.2) is 53.7 Å². The first-order chi connectivity index (χ1) is 13.0. The van der Waals surface area contributed by atoms with E-state index in [0.717, 1.165) is 33.7 Å². The summed E-state index contributed by atoms with van der Waals surface area (Å²) in [6.07, 6.45) is 0. The lowest BCUT2D eigenvalue weighted by atomic mass is 10.0. The van der Waals surface area contributed by atoms with Gasteiger partial charge in [-0.3, -0.25) is 4.57 Å². The third-order valence-electron chi connectivity index (χ3n) is 4.33. The summed E-state index contributed by atoms with van der Waals surface area (Å²) in [5.74, 6) is 3.70. The fourth-order valence-corrected chi connectivity index (χ4v) is 3.82. The van der Waals surface area contributed by atoms with E-state index in [0.29, 0.717) is 11.8 Å². The summed E-state index contributed by atoms with van der Waals surface area (Å²) >= 11 is 1.76. The van der Waals surface area contributed by atoms with Crippen molar-refractivity contribution in [1.29, 1.82) is 0 Å². The van der Waals surface area contributed by atoms with E-state index in [4.69, 9.17) is 4.74 Å². The van der Waals surface area contributed by atoms with Crippen LogP contribution >= 0.6 is 11.8 Å². The van der Waals surface area contributed by atoms with Gasteiger partial charge in [0.25, 0.3) is 0 Å². The van der Waals surface area contributed by atoms with Crippen molar-refractivity contribution in [2.75, 3.05) is 12.9 Å². The Hall–Kier alpha value is -2.27. The van der Waals surface area contributed by atoms with Crippen LogP contribution in [0.1, 0.15) is 39.2 Å². The molecule has 0 aliphatic carbocycles. The Morgan fingerprint density at radius 1 is 0.963 bits per heavy atom. The molecule has 142 valence electrons. The van der Waals surface area contributed by atoms with E-state index in [1.54, 1.807) is 18.9 Å². The van der Waals surface area contributed by atoms with Gasteiger partial charge in [0.15, 0.2) is 11.0 Å². The Kier molecular flexibility index (Phi) is 6.22. The molecule has 0 unspecified atom stereocenters. The zero-order chi connectivity index (χ0) is 19.4. The molecular weight excluding hydrogens is 354 g/mol. The molecule has 0 radical (unpaired) electrons. The Bertz CT molecular complexity index is 885. The minimum Gasteiger partial charge on any atom is -0.497 e. The third-order valence-corrected chi connectivity index (χ3v) is 5.68. The third kappa shape index (κ3) is 4.35. The first-order valence-electron chi connectivity index (χ1n) is 9.33. The van der Waals surface area contributed by atoms with Crippen molar-refractivity contribution < 1.29 is 4.74 Å². The zero-order valence-electron chi connectivity index (χ0n) is 16.6. The van der Waals surface area contributed by atoms with Crippen LogP contribution in [0.3, 0.4) is 0 Å². The fraction of sp³-hybridized carbons (Fsp3) is 0.364. The second-order valence-electron chi connectivity index (χ2n) is 7.29. The lowest BCUT2D eigenvalue weighted by Gasteiger charge is -2.17. The standard InChI is InChI=1S/C22H27N3OS/c1-15(2)14-27-22-24-23-21(17-10-12-18(26-5)13-11-17)25(22)20-9-7-6-8-19(20)16(3)4/h6-13,15-16H,14H2,1-5H3. The van der Waals surface area contributed by atoms with Gasteiger partial charge in [0, 0.05) is 11.3 Å². The average Bonchev–Trinajstić information content (AvgIpc) is 3.10. The van der Waals surface area contributed by atoms with Gasteiger partial charge in [-0.05, 0) is 47.7 Å². The second kappa shape index (κ2) is 8.61. The molecule has 0 aliphatic heterocycles. The Balaban J connectivity index is 2.15. The summed E-state index contributed by atoms with van der Waals surface area (Å²) in [4.78, 5) is 0. The number of methoxy groups -OCH3 is 1. The van der Waals surface area contributed by atoms with Crippen LogP contribution in [0.5, 0.6) is 5.75 Å². The lowest BCUT2D eigenvalue weighted by molar-refractivity contribution is 0.415. The van der Waals surface area contributed by atoms with E-state index in [2.05, 4.69) is 66.7 Å². The molecule has 1 heterocycles. The van der Waals surface area contributed by atoms with Crippen molar-refractivity contribution >= 4 is 11.8 Å². The van der Waals surface area contributed by atoms with Gasteiger partial charge in [0.1, 0.15) is 5.75 Å². The summed E-state index contributed by atoms with van der Waals surface area (Å²) in [5, 5.41) is 10.0. The van der Waals surface area contributed by atoms with E-state index in [-0.39, 0.29) is 0 Å². The molecule has 3 rings (SSSR count). The van der Waals surface area contributed by atoms with E-state index in [1.807, 2.05) is 24.3 Å². The first-order valence-corrected chi connectivity index (χ1v) is 10.3. The average molecular weight is 382 g/mol. The van der Waals surface area contributed by atoms with Crippen molar-refractivity contribution in [2.45, 2.75) is 38.8 Å². The molecule has 2 aromatic carbocycles. The number of rotatable bonds is 7. The van der Waals surface area contributed by atoms with Crippen LogP contribution in [0.4, 0.5) is 0 Å². The first kappa shape index (κ1) is 19.5. The molecule has 0 spiro atoms. The minimum atomic E-state index is 0.412. The van der Waals surface area contributed by atoms with Crippen molar-refractivity contribution in [3.8, 4) is 22.8 Å². The quantitative estimate of drug-likeness (QED) is 0.484. The second-order valence-corrected chi connectivity index (χ2v) is 8.28. The van der Waals surface area contributed by atoms with Gasteiger partial charge < -0.3 is 4.74 Å². The van der Waals surface area contributed by atoms with Gasteiger partial charge in [-0.1, -0.05) is 57.7 Å². The predicted molar refractivity (Wildman–Crippen MR) is 113 cm³/mol. The number of ether oxygens (including phenoxy) is 1. The molecule has 27 heavy (non-hydrogen) atoms. The molecule has 0 saturated carbocycles.